The van der Waals surface area contributed by atoms with E-state index in [4.69, 9.17) is 14.2 Å². The summed E-state index contributed by atoms with van der Waals surface area (Å²) in [7, 11) is 1.63. The van der Waals surface area contributed by atoms with E-state index in [0.717, 1.165) is 48.6 Å². The Morgan fingerprint density at radius 2 is 1.84 bits per heavy atom. The van der Waals surface area contributed by atoms with Gasteiger partial charge >= 0.3 is 0 Å². The second kappa shape index (κ2) is 12.9. The fourth-order valence-corrected chi connectivity index (χ4v) is 4.22. The smallest absolute Gasteiger partial charge is 0.255 e. The largest absolute Gasteiger partial charge is 0.493 e. The van der Waals surface area contributed by atoms with Crippen molar-refractivity contribution in [2.45, 2.75) is 26.2 Å². The highest BCUT2D eigenvalue weighted by Crippen LogP contribution is 2.34. The second-order valence-corrected chi connectivity index (χ2v) is 9.03. The van der Waals surface area contributed by atoms with E-state index in [-0.39, 0.29) is 17.6 Å². The lowest BCUT2D eigenvalue weighted by Crippen LogP contribution is -2.28. The molecule has 0 bridgehead atoms. The minimum Gasteiger partial charge on any atom is -0.493 e. The minimum absolute atomic E-state index is 0.0799. The van der Waals surface area contributed by atoms with Gasteiger partial charge in [-0.05, 0) is 74.3 Å². The number of carbonyl (C=O) groups is 2. The molecule has 2 aliphatic rings. The first-order chi connectivity index (χ1) is 18.1. The molecule has 7 heteroatoms. The first kappa shape index (κ1) is 26.2. The third-order valence-electron chi connectivity index (χ3n) is 6.29. The standard InChI is InChI=1S/C30H34N2O5/c1-21-20-23(12-14-25(21)33)26-15-13-22-8-5-9-24(29(22)37-26)30(34)32-18-6-16-31-17-7-19-36-28-11-4-3-10-27(28)35-2/h3-5,8-12,14-15,20-21,31H,6-7,13,16-19H2,1-2H3,(H,32,34). The molecule has 0 fully saturated rings. The lowest BCUT2D eigenvalue weighted by molar-refractivity contribution is -0.116. The number of para-hydroxylation sites is 3. The molecule has 1 aliphatic carbocycles. The number of ether oxygens (including phenoxy) is 3. The van der Waals surface area contributed by atoms with Gasteiger partial charge in [0.05, 0.1) is 19.3 Å². The second-order valence-electron chi connectivity index (χ2n) is 9.03. The van der Waals surface area contributed by atoms with Crippen molar-refractivity contribution in [2.75, 3.05) is 33.4 Å². The molecule has 37 heavy (non-hydrogen) atoms. The van der Waals surface area contributed by atoms with E-state index in [0.29, 0.717) is 36.6 Å². The third-order valence-corrected chi connectivity index (χ3v) is 6.29. The van der Waals surface area contributed by atoms with Crippen molar-refractivity contribution in [3.05, 3.63) is 89.2 Å². The minimum atomic E-state index is -0.182. The normalized spacial score (nSPS) is 16.3. The van der Waals surface area contributed by atoms with Crippen LogP contribution in [-0.2, 0) is 11.2 Å². The molecule has 2 aromatic rings. The van der Waals surface area contributed by atoms with Gasteiger partial charge in [-0.3, -0.25) is 9.59 Å². The fourth-order valence-electron chi connectivity index (χ4n) is 4.22. The van der Waals surface area contributed by atoms with Crippen LogP contribution in [0.2, 0.25) is 0 Å². The number of amides is 1. The summed E-state index contributed by atoms with van der Waals surface area (Å²) in [5, 5.41) is 6.38. The van der Waals surface area contributed by atoms with Crippen LogP contribution in [0.3, 0.4) is 0 Å². The van der Waals surface area contributed by atoms with Crippen molar-refractivity contribution < 1.29 is 23.8 Å². The van der Waals surface area contributed by atoms with Crippen molar-refractivity contribution in [3.63, 3.8) is 0 Å². The predicted molar refractivity (Wildman–Crippen MR) is 143 cm³/mol. The van der Waals surface area contributed by atoms with E-state index in [1.165, 1.54) is 0 Å². The number of allylic oxidation sites excluding steroid dienone is 4. The third kappa shape index (κ3) is 6.89. The highest BCUT2D eigenvalue weighted by Gasteiger charge is 2.23. The Kier molecular flexibility index (Phi) is 9.16. The van der Waals surface area contributed by atoms with Gasteiger partial charge in [-0.15, -0.1) is 0 Å². The van der Waals surface area contributed by atoms with Crippen LogP contribution in [0, 0.1) is 5.92 Å². The van der Waals surface area contributed by atoms with Gasteiger partial charge in [-0.1, -0.05) is 37.3 Å². The summed E-state index contributed by atoms with van der Waals surface area (Å²) in [5.74, 6) is 2.50. The van der Waals surface area contributed by atoms with Gasteiger partial charge in [0.15, 0.2) is 17.3 Å². The molecule has 2 N–H and O–H groups in total. The molecule has 2 aromatic carbocycles. The fraction of sp³-hybridized carbons (Fsp3) is 0.333. The molecular formula is C30H34N2O5. The maximum atomic E-state index is 12.9. The van der Waals surface area contributed by atoms with Crippen molar-refractivity contribution in [1.29, 1.82) is 0 Å². The molecule has 0 saturated carbocycles. The molecule has 0 saturated heterocycles. The summed E-state index contributed by atoms with van der Waals surface area (Å²) >= 11 is 0. The molecule has 1 heterocycles. The highest BCUT2D eigenvalue weighted by atomic mass is 16.5. The number of methoxy groups -OCH3 is 1. The van der Waals surface area contributed by atoms with Gasteiger partial charge in [0.2, 0.25) is 0 Å². The van der Waals surface area contributed by atoms with Crippen LogP contribution >= 0.6 is 0 Å². The zero-order chi connectivity index (χ0) is 26.0. The first-order valence-corrected chi connectivity index (χ1v) is 12.8. The number of ketones is 1. The maximum absolute atomic E-state index is 12.9. The van der Waals surface area contributed by atoms with Crippen LogP contribution in [0.1, 0.15) is 35.7 Å². The van der Waals surface area contributed by atoms with Crippen LogP contribution < -0.4 is 24.8 Å². The summed E-state index contributed by atoms with van der Waals surface area (Å²) in [6, 6.07) is 13.2. The number of rotatable bonds is 12. The van der Waals surface area contributed by atoms with Crippen molar-refractivity contribution in [1.82, 2.24) is 10.6 Å². The van der Waals surface area contributed by atoms with Crippen molar-refractivity contribution in [2.24, 2.45) is 5.92 Å². The molecule has 1 atom stereocenters. The molecule has 4 rings (SSSR count). The number of hydrogen-bond donors (Lipinski definition) is 2. The Balaban J connectivity index is 1.18. The SMILES string of the molecule is COc1ccccc1OCCCNCCCNC(=O)c1cccc2c1OC(C1=CC(C)C(=O)C=C1)=CC2. The summed E-state index contributed by atoms with van der Waals surface area (Å²) < 4.78 is 17.2. The topological polar surface area (TPSA) is 85.9 Å². The van der Waals surface area contributed by atoms with E-state index in [1.807, 2.05) is 55.5 Å². The van der Waals surface area contributed by atoms with Crippen LogP contribution in [0.15, 0.2) is 78.1 Å². The van der Waals surface area contributed by atoms with Gasteiger partial charge in [0, 0.05) is 18.0 Å². The van der Waals surface area contributed by atoms with Crippen LogP contribution in [0.25, 0.3) is 0 Å². The molecule has 0 spiro atoms. The number of nitrogens with one attached hydrogen (secondary N) is 2. The average molecular weight is 503 g/mol. The van der Waals surface area contributed by atoms with E-state index >= 15 is 0 Å². The Morgan fingerprint density at radius 1 is 1.03 bits per heavy atom. The predicted octanol–water partition coefficient (Wildman–Crippen LogP) is 4.39. The summed E-state index contributed by atoms with van der Waals surface area (Å²) in [6.07, 6.45) is 9.61. The number of hydrogen-bond acceptors (Lipinski definition) is 6. The van der Waals surface area contributed by atoms with Gasteiger partial charge in [0.25, 0.3) is 5.91 Å². The monoisotopic (exact) mass is 502 g/mol. The Labute approximate surface area is 218 Å². The molecule has 0 aromatic heterocycles. The van der Waals surface area contributed by atoms with Crippen LogP contribution in [-0.4, -0.2) is 45.0 Å². The van der Waals surface area contributed by atoms with Crippen molar-refractivity contribution >= 4 is 11.7 Å². The molecule has 1 unspecified atom stereocenters. The van der Waals surface area contributed by atoms with Crippen LogP contribution in [0.5, 0.6) is 17.2 Å². The number of benzene rings is 2. The van der Waals surface area contributed by atoms with Gasteiger partial charge in [-0.25, -0.2) is 0 Å². The Morgan fingerprint density at radius 3 is 2.65 bits per heavy atom. The van der Waals surface area contributed by atoms with E-state index in [1.54, 1.807) is 25.3 Å². The summed E-state index contributed by atoms with van der Waals surface area (Å²) in [5.41, 5.74) is 2.36. The lowest BCUT2D eigenvalue weighted by Gasteiger charge is -2.23. The van der Waals surface area contributed by atoms with E-state index < -0.39 is 0 Å². The molecular weight excluding hydrogens is 468 g/mol. The van der Waals surface area contributed by atoms with Crippen molar-refractivity contribution in [3.8, 4) is 17.2 Å². The first-order valence-electron chi connectivity index (χ1n) is 12.8. The summed E-state index contributed by atoms with van der Waals surface area (Å²) in [6.45, 7) is 4.65. The molecule has 7 nitrogen and oxygen atoms in total. The maximum Gasteiger partial charge on any atom is 0.255 e. The lowest BCUT2D eigenvalue weighted by atomic mass is 9.94. The van der Waals surface area contributed by atoms with Crippen LogP contribution in [0.4, 0.5) is 0 Å². The molecule has 0 radical (unpaired) electrons. The Bertz CT molecular complexity index is 1210. The van der Waals surface area contributed by atoms with Gasteiger partial charge in [-0.2, -0.15) is 0 Å². The van der Waals surface area contributed by atoms with E-state index in [9.17, 15) is 9.59 Å². The number of carbonyl (C=O) groups excluding carboxylic acids is 2. The quantitative estimate of drug-likeness (QED) is 0.419. The average Bonchev–Trinajstić information content (AvgIpc) is 2.93. The van der Waals surface area contributed by atoms with Gasteiger partial charge in [0.1, 0.15) is 11.5 Å². The Hall–Kier alpha value is -3.84. The molecule has 194 valence electrons. The highest BCUT2D eigenvalue weighted by molar-refractivity contribution is 5.98. The number of fused-ring (bicyclic) bond motifs is 1. The zero-order valence-corrected chi connectivity index (χ0v) is 21.4. The van der Waals surface area contributed by atoms with E-state index in [2.05, 4.69) is 10.6 Å². The van der Waals surface area contributed by atoms with Gasteiger partial charge < -0.3 is 24.8 Å². The molecule has 1 aliphatic heterocycles. The zero-order valence-electron chi connectivity index (χ0n) is 21.4. The summed E-state index contributed by atoms with van der Waals surface area (Å²) in [4.78, 5) is 24.7. The molecule has 1 amide bonds.